The molecule has 0 spiro atoms. The number of hydrogen-bond donors (Lipinski definition) is 0. The van der Waals surface area contributed by atoms with Crippen LogP contribution >= 0.6 is 0 Å². The fraction of sp³-hybridized carbons (Fsp3) is 0.733. The molecule has 0 N–H and O–H groups in total. The standard InChI is InChI=1S/C13H20N2O3.C2H6/c1-4-18-13(16)11-8-17-7-10(11)12-5-6-14-15(12)9(2)3;1-2/h5-6,9-11H,4,7-8H2,1-3H3;1-2H3. The van der Waals surface area contributed by atoms with Crippen LogP contribution in [0.3, 0.4) is 0 Å². The molecule has 1 aliphatic heterocycles. The first-order chi connectivity index (χ1) is 9.65. The minimum atomic E-state index is -0.209. The predicted octanol–water partition coefficient (Wildman–Crippen LogP) is 2.78. The molecule has 2 atom stereocenters. The van der Waals surface area contributed by atoms with E-state index in [1.807, 2.05) is 31.5 Å². The molecule has 5 nitrogen and oxygen atoms in total. The largest absolute Gasteiger partial charge is 0.466 e. The van der Waals surface area contributed by atoms with Crippen LogP contribution in [0, 0.1) is 5.92 Å². The zero-order valence-corrected chi connectivity index (χ0v) is 13.1. The van der Waals surface area contributed by atoms with Crippen LogP contribution in [0.25, 0.3) is 0 Å². The summed E-state index contributed by atoms with van der Waals surface area (Å²) in [6.07, 6.45) is 1.77. The molecule has 114 valence electrons. The van der Waals surface area contributed by atoms with Gasteiger partial charge in [-0.3, -0.25) is 9.48 Å². The first-order valence-electron chi connectivity index (χ1n) is 7.43. The quantitative estimate of drug-likeness (QED) is 0.797. The average Bonchev–Trinajstić information content (AvgIpc) is 3.09. The van der Waals surface area contributed by atoms with Gasteiger partial charge in [0.2, 0.25) is 0 Å². The number of aromatic nitrogens is 2. The number of carbonyl (C=O) groups is 1. The number of hydrogen-bond acceptors (Lipinski definition) is 4. The van der Waals surface area contributed by atoms with Gasteiger partial charge in [0.15, 0.2) is 0 Å². The lowest BCUT2D eigenvalue weighted by Gasteiger charge is -2.19. The Morgan fingerprint density at radius 1 is 1.50 bits per heavy atom. The van der Waals surface area contributed by atoms with Crippen LogP contribution < -0.4 is 0 Å². The van der Waals surface area contributed by atoms with E-state index in [2.05, 4.69) is 18.9 Å². The number of carbonyl (C=O) groups excluding carboxylic acids is 1. The molecule has 1 aromatic rings. The van der Waals surface area contributed by atoms with Crippen molar-refractivity contribution in [1.82, 2.24) is 9.78 Å². The number of ether oxygens (including phenoxy) is 2. The molecule has 0 amide bonds. The van der Waals surface area contributed by atoms with Crippen molar-refractivity contribution < 1.29 is 14.3 Å². The maximum atomic E-state index is 11.9. The summed E-state index contributed by atoms with van der Waals surface area (Å²) < 4.78 is 12.5. The first kappa shape index (κ1) is 16.7. The molecule has 5 heteroatoms. The van der Waals surface area contributed by atoms with E-state index in [0.29, 0.717) is 19.8 Å². The Labute approximate surface area is 121 Å². The fourth-order valence-corrected chi connectivity index (χ4v) is 2.38. The molecule has 1 aliphatic rings. The summed E-state index contributed by atoms with van der Waals surface area (Å²) in [6, 6.07) is 2.24. The van der Waals surface area contributed by atoms with Gasteiger partial charge in [0, 0.05) is 23.9 Å². The van der Waals surface area contributed by atoms with E-state index < -0.39 is 0 Å². The molecule has 0 aromatic carbocycles. The minimum Gasteiger partial charge on any atom is -0.466 e. The van der Waals surface area contributed by atoms with Gasteiger partial charge in [-0.05, 0) is 26.8 Å². The van der Waals surface area contributed by atoms with Crippen molar-refractivity contribution >= 4 is 5.97 Å². The summed E-state index contributed by atoms with van der Waals surface area (Å²) in [5.74, 6) is -0.329. The van der Waals surface area contributed by atoms with Crippen molar-refractivity contribution in [3.05, 3.63) is 18.0 Å². The molecule has 2 heterocycles. The van der Waals surface area contributed by atoms with Crippen LogP contribution in [-0.4, -0.2) is 35.6 Å². The van der Waals surface area contributed by atoms with E-state index in [9.17, 15) is 4.79 Å². The highest BCUT2D eigenvalue weighted by Gasteiger charge is 2.38. The van der Waals surface area contributed by atoms with Crippen molar-refractivity contribution in [2.75, 3.05) is 19.8 Å². The van der Waals surface area contributed by atoms with Crippen LogP contribution in [0.5, 0.6) is 0 Å². The summed E-state index contributed by atoms with van der Waals surface area (Å²) in [5, 5.41) is 4.31. The van der Waals surface area contributed by atoms with Crippen molar-refractivity contribution in [1.29, 1.82) is 0 Å². The molecule has 1 fully saturated rings. The van der Waals surface area contributed by atoms with Gasteiger partial charge in [-0.15, -0.1) is 0 Å². The minimum absolute atomic E-state index is 0.0500. The van der Waals surface area contributed by atoms with Crippen molar-refractivity contribution in [3.8, 4) is 0 Å². The third-order valence-electron chi connectivity index (χ3n) is 3.24. The van der Waals surface area contributed by atoms with Crippen LogP contribution in [0.1, 0.15) is 52.3 Å². The topological polar surface area (TPSA) is 53.4 Å². The van der Waals surface area contributed by atoms with Gasteiger partial charge in [0.25, 0.3) is 0 Å². The second kappa shape index (κ2) is 8.04. The van der Waals surface area contributed by atoms with Gasteiger partial charge < -0.3 is 9.47 Å². The lowest BCUT2D eigenvalue weighted by atomic mass is 9.92. The molecule has 20 heavy (non-hydrogen) atoms. The van der Waals surface area contributed by atoms with Gasteiger partial charge in [-0.25, -0.2) is 0 Å². The Morgan fingerprint density at radius 3 is 2.80 bits per heavy atom. The number of nitrogens with zero attached hydrogens (tertiary/aromatic N) is 2. The molecule has 0 aliphatic carbocycles. The van der Waals surface area contributed by atoms with Crippen LogP contribution in [-0.2, 0) is 14.3 Å². The Hall–Kier alpha value is -1.36. The van der Waals surface area contributed by atoms with E-state index >= 15 is 0 Å². The highest BCUT2D eigenvalue weighted by atomic mass is 16.5. The molecular formula is C15H26N2O3. The summed E-state index contributed by atoms with van der Waals surface area (Å²) >= 11 is 0. The van der Waals surface area contributed by atoms with E-state index in [1.165, 1.54) is 0 Å². The van der Waals surface area contributed by atoms with E-state index in [4.69, 9.17) is 9.47 Å². The highest BCUT2D eigenvalue weighted by Crippen LogP contribution is 2.32. The highest BCUT2D eigenvalue weighted by molar-refractivity contribution is 5.74. The van der Waals surface area contributed by atoms with Crippen molar-refractivity contribution in [2.24, 2.45) is 5.92 Å². The Balaban J connectivity index is 0.000000956. The van der Waals surface area contributed by atoms with E-state index in [-0.39, 0.29) is 23.8 Å². The zero-order valence-electron chi connectivity index (χ0n) is 13.1. The molecule has 0 bridgehead atoms. The summed E-state index contributed by atoms with van der Waals surface area (Å²) in [4.78, 5) is 11.9. The smallest absolute Gasteiger partial charge is 0.312 e. The van der Waals surface area contributed by atoms with Gasteiger partial charge in [-0.1, -0.05) is 13.8 Å². The summed E-state index contributed by atoms with van der Waals surface area (Å²) in [6.45, 7) is 11.4. The lowest BCUT2D eigenvalue weighted by Crippen LogP contribution is -2.25. The fourth-order valence-electron chi connectivity index (χ4n) is 2.38. The zero-order chi connectivity index (χ0) is 15.1. The van der Waals surface area contributed by atoms with E-state index in [1.54, 1.807) is 6.20 Å². The molecule has 2 unspecified atom stereocenters. The van der Waals surface area contributed by atoms with Gasteiger partial charge in [-0.2, -0.15) is 5.10 Å². The first-order valence-corrected chi connectivity index (χ1v) is 7.43. The molecule has 1 saturated heterocycles. The molecule has 2 rings (SSSR count). The second-order valence-electron chi connectivity index (χ2n) is 4.80. The molecule has 0 saturated carbocycles. The normalized spacial score (nSPS) is 21.5. The summed E-state index contributed by atoms with van der Waals surface area (Å²) in [7, 11) is 0. The molecule has 1 aromatic heterocycles. The third kappa shape index (κ3) is 3.60. The van der Waals surface area contributed by atoms with Crippen molar-refractivity contribution in [3.63, 3.8) is 0 Å². The molecule has 0 radical (unpaired) electrons. The Bertz CT molecular complexity index is 415. The Kier molecular flexibility index (Phi) is 6.71. The van der Waals surface area contributed by atoms with Crippen LogP contribution in [0.15, 0.2) is 12.3 Å². The van der Waals surface area contributed by atoms with Crippen LogP contribution in [0.2, 0.25) is 0 Å². The maximum absolute atomic E-state index is 11.9. The predicted molar refractivity (Wildman–Crippen MR) is 77.6 cm³/mol. The number of esters is 1. The van der Waals surface area contributed by atoms with Crippen LogP contribution in [0.4, 0.5) is 0 Å². The second-order valence-corrected chi connectivity index (χ2v) is 4.80. The molecular weight excluding hydrogens is 256 g/mol. The third-order valence-corrected chi connectivity index (χ3v) is 3.24. The van der Waals surface area contributed by atoms with Crippen molar-refractivity contribution in [2.45, 2.75) is 46.6 Å². The summed E-state index contributed by atoms with van der Waals surface area (Å²) in [5.41, 5.74) is 1.06. The lowest BCUT2D eigenvalue weighted by molar-refractivity contribution is -0.148. The Morgan fingerprint density at radius 2 is 2.20 bits per heavy atom. The van der Waals surface area contributed by atoms with Gasteiger partial charge in [0.1, 0.15) is 0 Å². The number of rotatable bonds is 4. The van der Waals surface area contributed by atoms with Gasteiger partial charge >= 0.3 is 5.97 Å². The monoisotopic (exact) mass is 282 g/mol. The van der Waals surface area contributed by atoms with Gasteiger partial charge in [0.05, 0.1) is 25.7 Å². The maximum Gasteiger partial charge on any atom is 0.312 e. The van der Waals surface area contributed by atoms with E-state index in [0.717, 1.165) is 5.69 Å². The average molecular weight is 282 g/mol. The SMILES string of the molecule is CC.CCOC(=O)C1COCC1c1ccnn1C(C)C.